The van der Waals surface area contributed by atoms with Crippen molar-refractivity contribution in [2.75, 3.05) is 37.6 Å². The predicted octanol–water partition coefficient (Wildman–Crippen LogP) is 4.41. The molecule has 3 aromatic rings. The number of nitrogens with two attached hydrogens (primary N) is 1. The van der Waals surface area contributed by atoms with Gasteiger partial charge in [0.2, 0.25) is 0 Å². The number of nitrogens with zero attached hydrogens (tertiary/aromatic N) is 4. The number of benzene rings is 2. The summed E-state index contributed by atoms with van der Waals surface area (Å²) in [4.78, 5) is 13.3. The quantitative estimate of drug-likeness (QED) is 0.629. The minimum atomic E-state index is -0.263. The van der Waals surface area contributed by atoms with E-state index in [2.05, 4.69) is 19.8 Å². The van der Waals surface area contributed by atoms with Gasteiger partial charge in [0, 0.05) is 50.5 Å². The van der Waals surface area contributed by atoms with Crippen LogP contribution < -0.4 is 10.6 Å². The van der Waals surface area contributed by atoms with Crippen LogP contribution in [0, 0.1) is 5.82 Å². The van der Waals surface area contributed by atoms with Crippen LogP contribution in [0.4, 0.5) is 10.2 Å². The molecule has 0 radical (unpaired) electrons. The van der Waals surface area contributed by atoms with E-state index in [9.17, 15) is 4.39 Å². The summed E-state index contributed by atoms with van der Waals surface area (Å²) < 4.78 is 13.3. The molecule has 2 heterocycles. The van der Waals surface area contributed by atoms with Crippen LogP contribution in [0.2, 0.25) is 10.0 Å². The van der Waals surface area contributed by atoms with Gasteiger partial charge in [-0.25, -0.2) is 14.4 Å². The Kier molecular flexibility index (Phi) is 6.49. The topological polar surface area (TPSA) is 58.3 Å². The molecule has 156 valence electrons. The SMILES string of the molecule is NCC(c1ccc(Cl)c(Cl)c1)N1CCN(c2ncncc2-c2ccc(F)cc2)CC1. The van der Waals surface area contributed by atoms with Crippen molar-refractivity contribution >= 4 is 29.0 Å². The van der Waals surface area contributed by atoms with E-state index in [4.69, 9.17) is 28.9 Å². The van der Waals surface area contributed by atoms with Crippen LogP contribution in [0.5, 0.6) is 0 Å². The maximum atomic E-state index is 13.3. The lowest BCUT2D eigenvalue weighted by atomic mass is 10.0. The van der Waals surface area contributed by atoms with E-state index in [1.807, 2.05) is 18.2 Å². The standard InChI is InChI=1S/C22H22Cl2FN5/c23-19-6-3-16(11-20(19)24)21(12-26)29-7-9-30(10-8-29)22-18(13-27-14-28-22)15-1-4-17(25)5-2-15/h1-6,11,13-14,21H,7-10,12,26H2. The smallest absolute Gasteiger partial charge is 0.139 e. The van der Waals surface area contributed by atoms with Crippen LogP contribution in [0.3, 0.4) is 0 Å². The zero-order valence-electron chi connectivity index (χ0n) is 16.3. The van der Waals surface area contributed by atoms with Crippen LogP contribution in [-0.4, -0.2) is 47.6 Å². The lowest BCUT2D eigenvalue weighted by Crippen LogP contribution is -2.49. The van der Waals surface area contributed by atoms with Gasteiger partial charge < -0.3 is 10.6 Å². The number of rotatable bonds is 5. The van der Waals surface area contributed by atoms with Gasteiger partial charge in [-0.2, -0.15) is 0 Å². The third-order valence-corrected chi connectivity index (χ3v) is 6.19. The first kappa shape index (κ1) is 21.0. The molecule has 8 heteroatoms. The first-order chi connectivity index (χ1) is 14.6. The molecule has 1 fully saturated rings. The summed E-state index contributed by atoms with van der Waals surface area (Å²) >= 11 is 12.3. The van der Waals surface area contributed by atoms with E-state index < -0.39 is 0 Å². The van der Waals surface area contributed by atoms with E-state index in [-0.39, 0.29) is 11.9 Å². The Bertz CT molecular complexity index is 1010. The van der Waals surface area contributed by atoms with Gasteiger partial charge in [0.05, 0.1) is 10.0 Å². The Morgan fingerprint density at radius 3 is 2.40 bits per heavy atom. The molecule has 1 aliphatic heterocycles. The van der Waals surface area contributed by atoms with Gasteiger partial charge >= 0.3 is 0 Å². The van der Waals surface area contributed by atoms with Gasteiger partial charge in [-0.15, -0.1) is 0 Å². The zero-order chi connectivity index (χ0) is 21.1. The van der Waals surface area contributed by atoms with Crippen molar-refractivity contribution in [2.45, 2.75) is 6.04 Å². The highest BCUT2D eigenvalue weighted by atomic mass is 35.5. The third kappa shape index (κ3) is 4.42. The highest BCUT2D eigenvalue weighted by Crippen LogP contribution is 2.31. The second kappa shape index (κ2) is 9.27. The normalized spacial score (nSPS) is 15.9. The third-order valence-electron chi connectivity index (χ3n) is 5.45. The van der Waals surface area contributed by atoms with Crippen molar-refractivity contribution in [3.05, 3.63) is 76.4 Å². The molecule has 2 N–H and O–H groups in total. The fourth-order valence-corrected chi connectivity index (χ4v) is 4.18. The molecule has 1 aliphatic rings. The average molecular weight is 446 g/mol. The highest BCUT2D eigenvalue weighted by Gasteiger charge is 2.26. The number of hydrogen-bond acceptors (Lipinski definition) is 5. The molecule has 0 amide bonds. The second-order valence-corrected chi connectivity index (χ2v) is 8.03. The first-order valence-corrected chi connectivity index (χ1v) is 10.5. The Morgan fingerprint density at radius 1 is 1.00 bits per heavy atom. The maximum absolute atomic E-state index is 13.3. The van der Waals surface area contributed by atoms with Crippen molar-refractivity contribution in [3.8, 4) is 11.1 Å². The maximum Gasteiger partial charge on any atom is 0.139 e. The first-order valence-electron chi connectivity index (χ1n) is 9.77. The Hall–Kier alpha value is -2.25. The molecule has 5 nitrogen and oxygen atoms in total. The van der Waals surface area contributed by atoms with Crippen LogP contribution in [0.1, 0.15) is 11.6 Å². The second-order valence-electron chi connectivity index (χ2n) is 7.21. The fourth-order valence-electron chi connectivity index (χ4n) is 3.87. The summed E-state index contributed by atoms with van der Waals surface area (Å²) in [5.74, 6) is 0.594. The summed E-state index contributed by atoms with van der Waals surface area (Å²) in [6.45, 7) is 3.74. The van der Waals surface area contributed by atoms with Gasteiger partial charge in [-0.1, -0.05) is 41.4 Å². The number of halogens is 3. The molecule has 1 unspecified atom stereocenters. The number of anilines is 1. The molecular formula is C22H22Cl2FN5. The molecule has 2 aromatic carbocycles. The molecule has 1 saturated heterocycles. The molecule has 30 heavy (non-hydrogen) atoms. The van der Waals surface area contributed by atoms with E-state index in [1.165, 1.54) is 12.1 Å². The van der Waals surface area contributed by atoms with Crippen molar-refractivity contribution in [1.82, 2.24) is 14.9 Å². The minimum Gasteiger partial charge on any atom is -0.353 e. The summed E-state index contributed by atoms with van der Waals surface area (Å²) in [5.41, 5.74) is 8.95. The molecular weight excluding hydrogens is 424 g/mol. The van der Waals surface area contributed by atoms with Crippen molar-refractivity contribution in [1.29, 1.82) is 0 Å². The van der Waals surface area contributed by atoms with Crippen LogP contribution >= 0.6 is 23.2 Å². The van der Waals surface area contributed by atoms with Gasteiger partial charge in [-0.05, 0) is 35.4 Å². The zero-order valence-corrected chi connectivity index (χ0v) is 17.8. The average Bonchev–Trinajstić information content (AvgIpc) is 2.78. The Morgan fingerprint density at radius 2 is 1.73 bits per heavy atom. The van der Waals surface area contributed by atoms with Crippen molar-refractivity contribution < 1.29 is 4.39 Å². The lowest BCUT2D eigenvalue weighted by molar-refractivity contribution is 0.190. The van der Waals surface area contributed by atoms with Crippen molar-refractivity contribution in [3.63, 3.8) is 0 Å². The number of piperazine rings is 1. The van der Waals surface area contributed by atoms with Gasteiger partial charge in [0.15, 0.2) is 0 Å². The highest BCUT2D eigenvalue weighted by molar-refractivity contribution is 6.42. The van der Waals surface area contributed by atoms with Gasteiger partial charge in [-0.3, -0.25) is 4.90 Å². The fraction of sp³-hybridized carbons (Fsp3) is 0.273. The van der Waals surface area contributed by atoms with Crippen LogP contribution in [-0.2, 0) is 0 Å². The molecule has 4 rings (SSSR count). The van der Waals surface area contributed by atoms with Crippen molar-refractivity contribution in [2.24, 2.45) is 5.73 Å². The summed E-state index contributed by atoms with van der Waals surface area (Å²) in [6, 6.07) is 12.2. The van der Waals surface area contributed by atoms with Gasteiger partial charge in [0.1, 0.15) is 18.0 Å². The lowest BCUT2D eigenvalue weighted by Gasteiger charge is -2.40. The summed E-state index contributed by atoms with van der Waals surface area (Å²) in [7, 11) is 0. The Balaban J connectivity index is 1.51. The molecule has 1 atom stereocenters. The number of aromatic nitrogens is 2. The van der Waals surface area contributed by atoms with E-state index in [0.717, 1.165) is 48.7 Å². The molecule has 0 saturated carbocycles. The summed E-state index contributed by atoms with van der Waals surface area (Å²) in [6.07, 6.45) is 3.33. The molecule has 0 bridgehead atoms. The molecule has 1 aromatic heterocycles. The Labute approximate surface area is 185 Å². The molecule has 0 spiro atoms. The van der Waals surface area contributed by atoms with E-state index >= 15 is 0 Å². The molecule has 0 aliphatic carbocycles. The van der Waals surface area contributed by atoms with Gasteiger partial charge in [0.25, 0.3) is 0 Å². The predicted molar refractivity (Wildman–Crippen MR) is 119 cm³/mol. The largest absolute Gasteiger partial charge is 0.353 e. The van der Waals surface area contributed by atoms with Crippen LogP contribution in [0.25, 0.3) is 11.1 Å². The van der Waals surface area contributed by atoms with Crippen LogP contribution in [0.15, 0.2) is 55.0 Å². The van der Waals surface area contributed by atoms with E-state index in [1.54, 1.807) is 24.7 Å². The minimum absolute atomic E-state index is 0.0730. The monoisotopic (exact) mass is 445 g/mol. The van der Waals surface area contributed by atoms with E-state index in [0.29, 0.717) is 16.6 Å². The number of hydrogen-bond donors (Lipinski definition) is 1. The summed E-state index contributed by atoms with van der Waals surface area (Å²) in [5, 5.41) is 1.08.